The zero-order valence-corrected chi connectivity index (χ0v) is 12.9. The van der Waals surface area contributed by atoms with Gasteiger partial charge in [0.1, 0.15) is 8.07 Å². The van der Waals surface area contributed by atoms with Crippen molar-refractivity contribution in [3.05, 3.63) is 23.3 Å². The summed E-state index contributed by atoms with van der Waals surface area (Å²) in [6.45, 7) is 11.1. The Balaban J connectivity index is 3.98. The molecule has 2 heteroatoms. The molecule has 0 aliphatic heterocycles. The van der Waals surface area contributed by atoms with Gasteiger partial charge < -0.3 is 5.11 Å². The molecule has 0 spiro atoms. The summed E-state index contributed by atoms with van der Waals surface area (Å²) < 4.78 is 0. The first kappa shape index (κ1) is 16.2. The zero-order chi connectivity index (χ0) is 13.3. The minimum atomic E-state index is -1.20. The fraction of sp³-hybridized carbons (Fsp3) is 0.600. The van der Waals surface area contributed by atoms with E-state index >= 15 is 0 Å². The van der Waals surface area contributed by atoms with Gasteiger partial charge in [-0.2, -0.15) is 0 Å². The van der Waals surface area contributed by atoms with E-state index in [-0.39, 0.29) is 6.61 Å². The van der Waals surface area contributed by atoms with Gasteiger partial charge in [-0.25, -0.2) is 0 Å². The summed E-state index contributed by atoms with van der Waals surface area (Å²) in [5, 5.41) is 8.85. The van der Waals surface area contributed by atoms with Crippen molar-refractivity contribution in [2.45, 2.75) is 52.8 Å². The van der Waals surface area contributed by atoms with Gasteiger partial charge in [0, 0.05) is 6.42 Å². The monoisotopic (exact) mass is 250 g/mol. The molecule has 17 heavy (non-hydrogen) atoms. The van der Waals surface area contributed by atoms with Gasteiger partial charge in [-0.3, -0.25) is 0 Å². The van der Waals surface area contributed by atoms with Gasteiger partial charge in [-0.15, -0.1) is 11.5 Å². The summed E-state index contributed by atoms with van der Waals surface area (Å²) in [6, 6.07) is 0. The first-order chi connectivity index (χ1) is 7.85. The van der Waals surface area contributed by atoms with E-state index in [1.807, 2.05) is 6.92 Å². The molecule has 0 aromatic carbocycles. The van der Waals surface area contributed by atoms with Crippen molar-refractivity contribution < 1.29 is 5.11 Å². The first-order valence-electron chi connectivity index (χ1n) is 6.27. The molecule has 0 aliphatic carbocycles. The lowest BCUT2D eigenvalue weighted by Crippen LogP contribution is -2.16. The number of hydrogen-bond donors (Lipinski definition) is 1. The molecule has 0 rings (SSSR count). The van der Waals surface area contributed by atoms with E-state index in [0.29, 0.717) is 0 Å². The number of aliphatic hydroxyl groups is 1. The van der Waals surface area contributed by atoms with Crippen molar-refractivity contribution in [2.75, 3.05) is 6.61 Å². The van der Waals surface area contributed by atoms with Crippen LogP contribution in [-0.4, -0.2) is 19.8 Å². The summed E-state index contributed by atoms with van der Waals surface area (Å²) in [6.07, 6.45) is 7.27. The fourth-order valence-corrected chi connectivity index (χ4v) is 1.89. The van der Waals surface area contributed by atoms with E-state index in [2.05, 4.69) is 50.2 Å². The van der Waals surface area contributed by atoms with Crippen LogP contribution in [0.3, 0.4) is 0 Å². The van der Waals surface area contributed by atoms with Gasteiger partial charge in [-0.1, -0.05) is 42.9 Å². The molecule has 96 valence electrons. The zero-order valence-electron chi connectivity index (χ0n) is 11.9. The van der Waals surface area contributed by atoms with Crippen molar-refractivity contribution in [1.29, 1.82) is 0 Å². The molecule has 1 N–H and O–H groups in total. The van der Waals surface area contributed by atoms with Crippen LogP contribution in [-0.2, 0) is 0 Å². The van der Waals surface area contributed by atoms with Crippen LogP contribution >= 0.6 is 0 Å². The normalized spacial score (nSPS) is 13.3. The number of hydrogen-bond acceptors (Lipinski definition) is 1. The number of allylic oxidation sites excluding steroid dienone is 3. The Bertz CT molecular complexity index is 334. The molecular formula is C15H26OSi. The fourth-order valence-electron chi connectivity index (χ4n) is 1.25. The number of aliphatic hydroxyl groups excluding tert-OH is 1. The van der Waals surface area contributed by atoms with Gasteiger partial charge in [0.05, 0.1) is 6.61 Å². The van der Waals surface area contributed by atoms with Crippen molar-refractivity contribution >= 4 is 8.07 Å². The van der Waals surface area contributed by atoms with Crippen molar-refractivity contribution in [2.24, 2.45) is 0 Å². The predicted molar refractivity (Wildman–Crippen MR) is 79.6 cm³/mol. The Morgan fingerprint density at radius 1 is 1.12 bits per heavy atom. The van der Waals surface area contributed by atoms with Gasteiger partial charge in [0.2, 0.25) is 0 Å². The van der Waals surface area contributed by atoms with E-state index in [1.165, 1.54) is 5.57 Å². The average Bonchev–Trinajstić information content (AvgIpc) is 2.23. The third-order valence-electron chi connectivity index (χ3n) is 2.30. The third-order valence-corrected chi connectivity index (χ3v) is 3.22. The van der Waals surface area contributed by atoms with Gasteiger partial charge in [0.15, 0.2) is 0 Å². The lowest BCUT2D eigenvalue weighted by Gasteiger charge is -2.03. The summed E-state index contributed by atoms with van der Waals surface area (Å²) in [7, 11) is -1.20. The minimum absolute atomic E-state index is 0.171. The molecule has 0 atom stereocenters. The molecule has 0 saturated heterocycles. The maximum absolute atomic E-state index is 8.85. The first-order valence-corrected chi connectivity index (χ1v) is 9.77. The van der Waals surface area contributed by atoms with Crippen LogP contribution in [0, 0.1) is 11.5 Å². The Kier molecular flexibility index (Phi) is 7.94. The highest BCUT2D eigenvalue weighted by molar-refractivity contribution is 6.83. The molecular weight excluding hydrogens is 224 g/mol. The summed E-state index contributed by atoms with van der Waals surface area (Å²) in [4.78, 5) is 0. The van der Waals surface area contributed by atoms with E-state index in [4.69, 9.17) is 5.11 Å². The average molecular weight is 250 g/mol. The minimum Gasteiger partial charge on any atom is -0.392 e. The summed E-state index contributed by atoms with van der Waals surface area (Å²) in [5.41, 5.74) is 5.80. The van der Waals surface area contributed by atoms with E-state index in [0.717, 1.165) is 24.8 Å². The highest BCUT2D eigenvalue weighted by Gasteiger charge is 2.06. The third kappa shape index (κ3) is 11.5. The van der Waals surface area contributed by atoms with Crippen LogP contribution < -0.4 is 0 Å². The molecule has 0 heterocycles. The Labute approximate surface area is 108 Å². The molecule has 0 unspecified atom stereocenters. The second-order valence-electron chi connectivity index (χ2n) is 5.55. The smallest absolute Gasteiger partial charge is 0.129 e. The van der Waals surface area contributed by atoms with Crippen molar-refractivity contribution in [3.63, 3.8) is 0 Å². The molecule has 0 fully saturated rings. The van der Waals surface area contributed by atoms with E-state index in [1.54, 1.807) is 0 Å². The lowest BCUT2D eigenvalue weighted by molar-refractivity contribution is 0.331. The van der Waals surface area contributed by atoms with E-state index < -0.39 is 8.07 Å². The maximum Gasteiger partial charge on any atom is 0.129 e. The summed E-state index contributed by atoms with van der Waals surface area (Å²) >= 11 is 0. The van der Waals surface area contributed by atoms with Gasteiger partial charge in [-0.05, 0) is 26.7 Å². The number of rotatable bonds is 5. The van der Waals surface area contributed by atoms with E-state index in [9.17, 15) is 0 Å². The highest BCUT2D eigenvalue weighted by Crippen LogP contribution is 2.07. The predicted octanol–water partition coefficient (Wildman–Crippen LogP) is 3.92. The lowest BCUT2D eigenvalue weighted by atomic mass is 10.1. The standard InChI is InChI=1S/C15H26OSi/c1-14(10-8-11-15(2)13-16)9-6-7-12-17(3,4)5/h9,11,16H,6,8,10,13H2,1-5H3/b14-9+,15-11+. The van der Waals surface area contributed by atoms with Crippen LogP contribution in [0.25, 0.3) is 0 Å². The molecule has 0 aromatic rings. The van der Waals surface area contributed by atoms with Crippen LogP contribution in [0.5, 0.6) is 0 Å². The molecule has 0 saturated carbocycles. The van der Waals surface area contributed by atoms with Gasteiger partial charge in [0.25, 0.3) is 0 Å². The van der Waals surface area contributed by atoms with Crippen LogP contribution in [0.15, 0.2) is 23.3 Å². The van der Waals surface area contributed by atoms with Crippen molar-refractivity contribution in [1.82, 2.24) is 0 Å². The molecule has 0 aliphatic rings. The molecule has 0 radical (unpaired) electrons. The highest BCUT2D eigenvalue weighted by atomic mass is 28.3. The molecule has 0 bridgehead atoms. The van der Waals surface area contributed by atoms with Crippen LogP contribution in [0.2, 0.25) is 19.6 Å². The quantitative estimate of drug-likeness (QED) is 0.445. The SMILES string of the molecule is C/C(=C\CC/C(C)=C/CC#C[Si](C)(C)C)CO. The van der Waals surface area contributed by atoms with Crippen LogP contribution in [0.1, 0.15) is 33.1 Å². The largest absolute Gasteiger partial charge is 0.392 e. The Hall–Kier alpha value is -0.783. The Morgan fingerprint density at radius 3 is 2.29 bits per heavy atom. The van der Waals surface area contributed by atoms with Crippen LogP contribution in [0.4, 0.5) is 0 Å². The topological polar surface area (TPSA) is 20.2 Å². The summed E-state index contributed by atoms with van der Waals surface area (Å²) in [5.74, 6) is 3.25. The Morgan fingerprint density at radius 2 is 1.76 bits per heavy atom. The molecule has 0 aromatic heterocycles. The second-order valence-corrected chi connectivity index (χ2v) is 10.3. The maximum atomic E-state index is 8.85. The second kappa shape index (κ2) is 8.33. The molecule has 0 amide bonds. The molecule has 1 nitrogen and oxygen atoms in total. The van der Waals surface area contributed by atoms with Crippen molar-refractivity contribution in [3.8, 4) is 11.5 Å². The van der Waals surface area contributed by atoms with Gasteiger partial charge >= 0.3 is 0 Å².